The standard InChI is InChI=1S/C14H7Br2FN2O2/c15-9-4-7(5-10(16)13(9)20)18-12-8-3-6(17)1-2-11(8)19-14(12)21/h1-5,20H,(H,18,19,21). The zero-order valence-electron chi connectivity index (χ0n) is 10.3. The SMILES string of the molecule is O=C1Nc2ccc(F)cc2C1=Nc1cc(Br)c(O)c(Br)c1. The molecule has 4 nitrogen and oxygen atoms in total. The summed E-state index contributed by atoms with van der Waals surface area (Å²) in [6, 6.07) is 7.16. The van der Waals surface area contributed by atoms with Gasteiger partial charge in [-0.3, -0.25) is 4.79 Å². The Kier molecular flexibility index (Phi) is 3.54. The topological polar surface area (TPSA) is 61.7 Å². The lowest BCUT2D eigenvalue weighted by atomic mass is 10.1. The highest BCUT2D eigenvalue weighted by Crippen LogP contribution is 2.37. The van der Waals surface area contributed by atoms with Gasteiger partial charge in [-0.25, -0.2) is 9.38 Å². The Morgan fingerprint density at radius 2 is 1.81 bits per heavy atom. The first kappa shape index (κ1) is 14.2. The quantitative estimate of drug-likeness (QED) is 0.738. The zero-order valence-corrected chi connectivity index (χ0v) is 13.5. The maximum atomic E-state index is 13.3. The Balaban J connectivity index is 2.13. The number of carbonyl (C=O) groups excluding carboxylic acids is 1. The highest BCUT2D eigenvalue weighted by molar-refractivity contribution is 9.11. The maximum Gasteiger partial charge on any atom is 0.275 e. The van der Waals surface area contributed by atoms with Gasteiger partial charge in [-0.15, -0.1) is 0 Å². The molecule has 0 radical (unpaired) electrons. The van der Waals surface area contributed by atoms with Crippen LogP contribution in [-0.2, 0) is 4.79 Å². The van der Waals surface area contributed by atoms with E-state index in [4.69, 9.17) is 0 Å². The van der Waals surface area contributed by atoms with E-state index in [-0.39, 0.29) is 11.5 Å². The van der Waals surface area contributed by atoms with E-state index in [1.54, 1.807) is 12.1 Å². The van der Waals surface area contributed by atoms with Crippen molar-refractivity contribution in [3.8, 4) is 5.75 Å². The lowest BCUT2D eigenvalue weighted by Crippen LogP contribution is -2.13. The predicted molar refractivity (Wildman–Crippen MR) is 84.7 cm³/mol. The first-order chi connectivity index (χ1) is 9.95. The monoisotopic (exact) mass is 412 g/mol. The first-order valence-corrected chi connectivity index (χ1v) is 7.42. The maximum absolute atomic E-state index is 13.3. The lowest BCUT2D eigenvalue weighted by molar-refractivity contribution is -0.110. The Morgan fingerprint density at radius 1 is 1.14 bits per heavy atom. The molecular weight excluding hydrogens is 407 g/mol. The van der Waals surface area contributed by atoms with E-state index in [0.717, 1.165) is 0 Å². The molecule has 0 aliphatic carbocycles. The van der Waals surface area contributed by atoms with Gasteiger partial charge in [0.05, 0.1) is 20.3 Å². The van der Waals surface area contributed by atoms with Crippen LogP contribution >= 0.6 is 31.9 Å². The molecule has 1 aliphatic rings. The van der Waals surface area contributed by atoms with Crippen LogP contribution in [0.1, 0.15) is 5.56 Å². The second kappa shape index (κ2) is 5.23. The van der Waals surface area contributed by atoms with Crippen molar-refractivity contribution in [2.45, 2.75) is 0 Å². The summed E-state index contributed by atoms with van der Waals surface area (Å²) in [5.74, 6) is -0.789. The van der Waals surface area contributed by atoms with Crippen LogP contribution in [0.4, 0.5) is 15.8 Å². The number of phenols is 1. The summed E-state index contributed by atoms with van der Waals surface area (Å²) in [6.45, 7) is 0. The molecule has 0 saturated carbocycles. The number of aromatic hydroxyl groups is 1. The summed E-state index contributed by atoms with van der Waals surface area (Å²) in [7, 11) is 0. The summed E-state index contributed by atoms with van der Waals surface area (Å²) in [6.07, 6.45) is 0. The number of rotatable bonds is 1. The van der Waals surface area contributed by atoms with Gasteiger partial charge in [-0.1, -0.05) is 0 Å². The molecule has 106 valence electrons. The molecule has 0 unspecified atom stereocenters. The van der Waals surface area contributed by atoms with Gasteiger partial charge in [-0.2, -0.15) is 0 Å². The minimum atomic E-state index is -0.439. The Labute approximate surface area is 136 Å². The van der Waals surface area contributed by atoms with Gasteiger partial charge in [0.15, 0.2) is 0 Å². The van der Waals surface area contributed by atoms with Gasteiger partial charge in [0.25, 0.3) is 5.91 Å². The molecule has 1 aliphatic heterocycles. The number of phenolic OH excluding ortho intramolecular Hbond substituents is 1. The number of carbonyl (C=O) groups is 1. The van der Waals surface area contributed by atoms with Crippen molar-refractivity contribution in [1.29, 1.82) is 0 Å². The van der Waals surface area contributed by atoms with Gasteiger partial charge in [0.1, 0.15) is 17.3 Å². The van der Waals surface area contributed by atoms with Crippen LogP contribution in [0.15, 0.2) is 44.3 Å². The largest absolute Gasteiger partial charge is 0.506 e. The van der Waals surface area contributed by atoms with Gasteiger partial charge >= 0.3 is 0 Å². The molecular formula is C14H7Br2FN2O2. The van der Waals surface area contributed by atoms with Crippen molar-refractivity contribution >= 4 is 54.9 Å². The molecule has 7 heteroatoms. The number of halogens is 3. The van der Waals surface area contributed by atoms with Crippen LogP contribution in [0, 0.1) is 5.82 Å². The van der Waals surface area contributed by atoms with E-state index in [9.17, 15) is 14.3 Å². The Bertz CT molecular complexity index is 783. The molecule has 3 rings (SSSR count). The lowest BCUT2D eigenvalue weighted by Gasteiger charge is -2.03. The average molecular weight is 414 g/mol. The molecule has 2 N–H and O–H groups in total. The van der Waals surface area contributed by atoms with E-state index in [1.807, 2.05) is 0 Å². The number of benzene rings is 2. The van der Waals surface area contributed by atoms with Crippen LogP contribution in [-0.4, -0.2) is 16.7 Å². The van der Waals surface area contributed by atoms with E-state index in [0.29, 0.717) is 25.9 Å². The minimum Gasteiger partial charge on any atom is -0.506 e. The number of anilines is 1. The van der Waals surface area contributed by atoms with E-state index >= 15 is 0 Å². The average Bonchev–Trinajstić information content (AvgIpc) is 2.72. The van der Waals surface area contributed by atoms with Crippen LogP contribution in [0.25, 0.3) is 0 Å². The number of nitrogens with zero attached hydrogens (tertiary/aromatic N) is 1. The van der Waals surface area contributed by atoms with Crippen LogP contribution in [0.5, 0.6) is 5.75 Å². The zero-order chi connectivity index (χ0) is 15.1. The van der Waals surface area contributed by atoms with Gasteiger partial charge in [0.2, 0.25) is 0 Å². The Hall–Kier alpha value is -1.73. The minimum absolute atomic E-state index is 0.0428. The van der Waals surface area contributed by atoms with Gasteiger partial charge in [-0.05, 0) is 62.2 Å². The molecule has 0 bridgehead atoms. The normalized spacial score (nSPS) is 15.2. The number of nitrogens with one attached hydrogen (secondary N) is 1. The number of aliphatic imine (C=N–C) groups is 1. The number of fused-ring (bicyclic) bond motifs is 1. The number of amides is 1. The van der Waals surface area contributed by atoms with Crippen LogP contribution in [0.2, 0.25) is 0 Å². The van der Waals surface area contributed by atoms with E-state index in [1.165, 1.54) is 18.2 Å². The van der Waals surface area contributed by atoms with Crippen molar-refractivity contribution in [2.24, 2.45) is 4.99 Å². The van der Waals surface area contributed by atoms with Crippen LogP contribution in [0.3, 0.4) is 0 Å². The fourth-order valence-electron chi connectivity index (χ4n) is 1.98. The second-order valence-electron chi connectivity index (χ2n) is 4.36. The summed E-state index contributed by atoms with van der Waals surface area (Å²) < 4.78 is 14.2. The van der Waals surface area contributed by atoms with Crippen molar-refractivity contribution < 1.29 is 14.3 Å². The summed E-state index contributed by atoms with van der Waals surface area (Å²) in [4.78, 5) is 16.2. The van der Waals surface area contributed by atoms with Gasteiger partial charge in [0, 0.05) is 5.56 Å². The van der Waals surface area contributed by atoms with Crippen molar-refractivity contribution in [3.63, 3.8) is 0 Å². The predicted octanol–water partition coefficient (Wildman–Crippen LogP) is 4.13. The number of hydrogen-bond donors (Lipinski definition) is 2. The Morgan fingerprint density at radius 3 is 2.48 bits per heavy atom. The molecule has 0 atom stereocenters. The molecule has 2 aromatic carbocycles. The highest BCUT2D eigenvalue weighted by Gasteiger charge is 2.26. The number of hydrogen-bond acceptors (Lipinski definition) is 3. The van der Waals surface area contributed by atoms with Gasteiger partial charge < -0.3 is 10.4 Å². The molecule has 1 heterocycles. The van der Waals surface area contributed by atoms with Crippen molar-refractivity contribution in [3.05, 3.63) is 50.7 Å². The van der Waals surface area contributed by atoms with Crippen molar-refractivity contribution in [2.75, 3.05) is 5.32 Å². The third-order valence-electron chi connectivity index (χ3n) is 2.94. The fourth-order valence-corrected chi connectivity index (χ4v) is 3.14. The van der Waals surface area contributed by atoms with E-state index < -0.39 is 11.7 Å². The molecule has 0 aromatic heterocycles. The molecule has 2 aromatic rings. The summed E-state index contributed by atoms with van der Waals surface area (Å²) >= 11 is 6.39. The molecule has 0 saturated heterocycles. The molecule has 0 fully saturated rings. The first-order valence-electron chi connectivity index (χ1n) is 5.83. The second-order valence-corrected chi connectivity index (χ2v) is 6.07. The molecule has 21 heavy (non-hydrogen) atoms. The third kappa shape index (κ3) is 2.58. The van der Waals surface area contributed by atoms with Crippen molar-refractivity contribution in [1.82, 2.24) is 0 Å². The molecule has 0 spiro atoms. The van der Waals surface area contributed by atoms with Crippen LogP contribution < -0.4 is 5.32 Å². The van der Waals surface area contributed by atoms with E-state index in [2.05, 4.69) is 42.2 Å². The smallest absolute Gasteiger partial charge is 0.275 e. The molecule has 1 amide bonds. The highest BCUT2D eigenvalue weighted by atomic mass is 79.9. The third-order valence-corrected chi connectivity index (χ3v) is 4.15. The summed E-state index contributed by atoms with van der Waals surface area (Å²) in [5, 5.41) is 12.3. The fraction of sp³-hybridized carbons (Fsp3) is 0. The summed E-state index contributed by atoms with van der Waals surface area (Å²) in [5.41, 5.74) is 1.53.